The first-order valence-corrected chi connectivity index (χ1v) is 8.61. The number of nitrogens with one attached hydrogen (secondary N) is 2. The van der Waals surface area contributed by atoms with E-state index in [1.165, 1.54) is 6.07 Å². The number of carbonyl (C=O) groups is 2. The second-order valence-electron chi connectivity index (χ2n) is 6.20. The van der Waals surface area contributed by atoms with Gasteiger partial charge in [-0.1, -0.05) is 18.2 Å². The second kappa shape index (κ2) is 8.19. The molecule has 0 unspecified atom stereocenters. The summed E-state index contributed by atoms with van der Waals surface area (Å²) in [6.07, 6.45) is -4.78. The van der Waals surface area contributed by atoms with Gasteiger partial charge in [0.25, 0.3) is 11.5 Å². The van der Waals surface area contributed by atoms with Gasteiger partial charge in [0, 0.05) is 18.7 Å². The number of amides is 2. The Morgan fingerprint density at radius 1 is 0.967 bits per heavy atom. The molecule has 2 N–H and O–H groups in total. The van der Waals surface area contributed by atoms with Crippen molar-refractivity contribution in [1.29, 1.82) is 0 Å². The summed E-state index contributed by atoms with van der Waals surface area (Å²) in [6, 6.07) is 13.4. The van der Waals surface area contributed by atoms with Crippen molar-refractivity contribution >= 4 is 23.2 Å². The van der Waals surface area contributed by atoms with Crippen molar-refractivity contribution in [3.8, 4) is 5.69 Å². The molecule has 0 aliphatic rings. The van der Waals surface area contributed by atoms with E-state index in [4.69, 9.17) is 0 Å². The topological polar surface area (TPSA) is 93.1 Å². The van der Waals surface area contributed by atoms with Crippen LogP contribution in [0, 0.1) is 0 Å². The van der Waals surface area contributed by atoms with Gasteiger partial charge in [-0.05, 0) is 36.4 Å². The Labute approximate surface area is 168 Å². The standard InChI is InChI=1S/C20H15F3N4O3/c1-12(28)24-13-7-8-16(15(11-13)20(21,22)23)25-19(30)17-9-10-18(29)27(26-17)14-5-3-2-4-6-14/h2-11H,1H3,(H,24,28)(H,25,30). The van der Waals surface area contributed by atoms with E-state index in [0.717, 1.165) is 35.9 Å². The Hall–Kier alpha value is -3.95. The molecule has 2 amide bonds. The smallest absolute Gasteiger partial charge is 0.326 e. The predicted molar refractivity (Wildman–Crippen MR) is 104 cm³/mol. The Balaban J connectivity index is 1.94. The fourth-order valence-electron chi connectivity index (χ4n) is 2.64. The Bertz CT molecular complexity index is 1160. The third-order valence-electron chi connectivity index (χ3n) is 3.93. The maximum atomic E-state index is 13.4. The normalized spacial score (nSPS) is 11.1. The highest BCUT2D eigenvalue weighted by Crippen LogP contribution is 2.36. The lowest BCUT2D eigenvalue weighted by Crippen LogP contribution is -2.25. The number of benzene rings is 2. The minimum atomic E-state index is -4.78. The number of nitrogens with zero attached hydrogens (tertiary/aromatic N) is 2. The number of hydrogen-bond donors (Lipinski definition) is 2. The van der Waals surface area contributed by atoms with Crippen molar-refractivity contribution in [2.24, 2.45) is 0 Å². The fraction of sp³-hybridized carbons (Fsp3) is 0.100. The minimum Gasteiger partial charge on any atom is -0.326 e. The zero-order valence-corrected chi connectivity index (χ0v) is 15.5. The number of anilines is 2. The van der Waals surface area contributed by atoms with Crippen LogP contribution in [0.25, 0.3) is 5.69 Å². The van der Waals surface area contributed by atoms with Gasteiger partial charge in [-0.25, -0.2) is 0 Å². The Morgan fingerprint density at radius 2 is 1.67 bits per heavy atom. The maximum absolute atomic E-state index is 13.4. The molecule has 0 aliphatic heterocycles. The molecule has 154 valence electrons. The third-order valence-corrected chi connectivity index (χ3v) is 3.93. The maximum Gasteiger partial charge on any atom is 0.418 e. The zero-order chi connectivity index (χ0) is 21.9. The number of hydrogen-bond acceptors (Lipinski definition) is 4. The van der Waals surface area contributed by atoms with E-state index in [1.54, 1.807) is 30.3 Å². The number of para-hydroxylation sites is 1. The van der Waals surface area contributed by atoms with Crippen molar-refractivity contribution < 1.29 is 22.8 Å². The van der Waals surface area contributed by atoms with Gasteiger partial charge >= 0.3 is 6.18 Å². The van der Waals surface area contributed by atoms with Crippen molar-refractivity contribution in [3.63, 3.8) is 0 Å². The van der Waals surface area contributed by atoms with Crippen LogP contribution in [-0.4, -0.2) is 21.6 Å². The molecule has 30 heavy (non-hydrogen) atoms. The van der Waals surface area contributed by atoms with E-state index in [2.05, 4.69) is 15.7 Å². The summed E-state index contributed by atoms with van der Waals surface area (Å²) in [7, 11) is 0. The average Bonchev–Trinajstić information content (AvgIpc) is 2.69. The number of alkyl halides is 3. The highest BCUT2D eigenvalue weighted by molar-refractivity contribution is 6.03. The van der Waals surface area contributed by atoms with Gasteiger partial charge < -0.3 is 10.6 Å². The molecule has 3 aromatic rings. The van der Waals surface area contributed by atoms with Gasteiger partial charge in [0.05, 0.1) is 16.9 Å². The molecule has 0 spiro atoms. The summed E-state index contributed by atoms with van der Waals surface area (Å²) >= 11 is 0. The number of aromatic nitrogens is 2. The van der Waals surface area contributed by atoms with Crippen LogP contribution in [0.15, 0.2) is 65.5 Å². The van der Waals surface area contributed by atoms with Crippen molar-refractivity contribution in [2.45, 2.75) is 13.1 Å². The van der Waals surface area contributed by atoms with Gasteiger partial charge in [-0.2, -0.15) is 23.0 Å². The van der Waals surface area contributed by atoms with Gasteiger partial charge in [0.15, 0.2) is 0 Å². The molecule has 0 atom stereocenters. The van der Waals surface area contributed by atoms with Crippen LogP contribution in [0.5, 0.6) is 0 Å². The van der Waals surface area contributed by atoms with Crippen LogP contribution in [0.3, 0.4) is 0 Å². The second-order valence-corrected chi connectivity index (χ2v) is 6.20. The lowest BCUT2D eigenvalue weighted by atomic mass is 10.1. The third kappa shape index (κ3) is 4.72. The summed E-state index contributed by atoms with van der Waals surface area (Å²) in [5.74, 6) is -1.47. The molecule has 2 aromatic carbocycles. The lowest BCUT2D eigenvalue weighted by Gasteiger charge is -2.15. The van der Waals surface area contributed by atoms with E-state index in [9.17, 15) is 27.6 Å². The van der Waals surface area contributed by atoms with E-state index in [0.29, 0.717) is 5.69 Å². The summed E-state index contributed by atoms with van der Waals surface area (Å²) in [6.45, 7) is 1.16. The van der Waals surface area contributed by atoms with Crippen molar-refractivity contribution in [1.82, 2.24) is 9.78 Å². The molecule has 0 radical (unpaired) electrons. The van der Waals surface area contributed by atoms with Crippen LogP contribution >= 0.6 is 0 Å². The molecule has 3 rings (SSSR count). The van der Waals surface area contributed by atoms with E-state index in [-0.39, 0.29) is 11.4 Å². The number of rotatable bonds is 4. The molecule has 0 bridgehead atoms. The van der Waals surface area contributed by atoms with Gasteiger partial charge in [0.1, 0.15) is 5.69 Å². The predicted octanol–water partition coefficient (Wildman–Crippen LogP) is 3.46. The molecule has 1 heterocycles. The quantitative estimate of drug-likeness (QED) is 0.681. The van der Waals surface area contributed by atoms with Gasteiger partial charge in [-0.3, -0.25) is 14.4 Å². The number of carbonyl (C=O) groups excluding carboxylic acids is 2. The van der Waals surface area contributed by atoms with E-state index >= 15 is 0 Å². The molecule has 0 fully saturated rings. The molecule has 0 saturated heterocycles. The first-order valence-electron chi connectivity index (χ1n) is 8.61. The number of halogens is 3. The van der Waals surface area contributed by atoms with Crippen LogP contribution < -0.4 is 16.2 Å². The summed E-state index contributed by atoms with van der Waals surface area (Å²) in [5, 5.41) is 8.36. The van der Waals surface area contributed by atoms with Gasteiger partial charge in [-0.15, -0.1) is 0 Å². The average molecular weight is 416 g/mol. The molecular weight excluding hydrogens is 401 g/mol. The molecular formula is C20H15F3N4O3. The van der Waals surface area contributed by atoms with Gasteiger partial charge in [0.2, 0.25) is 5.91 Å². The SMILES string of the molecule is CC(=O)Nc1ccc(NC(=O)c2ccc(=O)n(-c3ccccc3)n2)c(C(F)(F)F)c1. The Kier molecular flexibility index (Phi) is 5.67. The highest BCUT2D eigenvalue weighted by Gasteiger charge is 2.34. The monoisotopic (exact) mass is 416 g/mol. The van der Waals surface area contributed by atoms with Crippen LogP contribution in [0.2, 0.25) is 0 Å². The summed E-state index contributed by atoms with van der Waals surface area (Å²) < 4.78 is 41.3. The molecule has 7 nitrogen and oxygen atoms in total. The first kappa shape index (κ1) is 20.8. The minimum absolute atomic E-state index is 0.0661. The zero-order valence-electron chi connectivity index (χ0n) is 15.5. The molecule has 10 heteroatoms. The van der Waals surface area contributed by atoms with Crippen LogP contribution in [-0.2, 0) is 11.0 Å². The molecule has 0 saturated carbocycles. The van der Waals surface area contributed by atoms with Crippen LogP contribution in [0.1, 0.15) is 23.0 Å². The molecule has 1 aromatic heterocycles. The first-order chi connectivity index (χ1) is 14.1. The van der Waals surface area contributed by atoms with Crippen LogP contribution in [0.4, 0.5) is 24.5 Å². The van der Waals surface area contributed by atoms with E-state index < -0.39 is 34.8 Å². The summed E-state index contributed by atoms with van der Waals surface area (Å²) in [4.78, 5) is 35.7. The van der Waals surface area contributed by atoms with E-state index in [1.807, 2.05) is 0 Å². The van der Waals surface area contributed by atoms with Crippen molar-refractivity contribution in [2.75, 3.05) is 10.6 Å². The lowest BCUT2D eigenvalue weighted by molar-refractivity contribution is -0.137. The molecule has 0 aliphatic carbocycles. The highest BCUT2D eigenvalue weighted by atomic mass is 19.4. The largest absolute Gasteiger partial charge is 0.418 e. The fourth-order valence-corrected chi connectivity index (χ4v) is 2.64. The van der Waals surface area contributed by atoms with Crippen molar-refractivity contribution in [3.05, 3.63) is 82.3 Å². The Morgan fingerprint density at radius 3 is 2.30 bits per heavy atom. The summed E-state index contributed by atoms with van der Waals surface area (Å²) in [5.41, 5.74) is -2.08.